The lowest BCUT2D eigenvalue weighted by Gasteiger charge is -2.31. The second-order valence-electron chi connectivity index (χ2n) is 5.79. The van der Waals surface area contributed by atoms with Crippen LogP contribution in [-0.4, -0.2) is 31.9 Å². The lowest BCUT2D eigenvalue weighted by Crippen LogP contribution is -2.37. The molecule has 3 heterocycles. The highest BCUT2D eigenvalue weighted by Gasteiger charge is 2.29. The first kappa shape index (κ1) is 14.6. The van der Waals surface area contributed by atoms with Gasteiger partial charge in [-0.15, -0.1) is 0 Å². The number of aromatic nitrogens is 3. The van der Waals surface area contributed by atoms with Crippen molar-refractivity contribution in [2.45, 2.75) is 25.0 Å². The molecule has 0 bridgehead atoms. The predicted molar refractivity (Wildman–Crippen MR) is 82.8 cm³/mol. The molecular formula is C17H13FN4O2. The molecule has 0 atom stereocenters. The van der Waals surface area contributed by atoms with Crippen molar-refractivity contribution in [3.63, 3.8) is 0 Å². The third kappa shape index (κ3) is 2.47. The maximum absolute atomic E-state index is 13.1. The molecule has 7 heteroatoms. The van der Waals surface area contributed by atoms with Crippen LogP contribution < -0.4 is 4.74 Å². The van der Waals surface area contributed by atoms with Gasteiger partial charge in [-0.2, -0.15) is 14.8 Å². The van der Waals surface area contributed by atoms with E-state index >= 15 is 0 Å². The number of rotatable bonds is 3. The van der Waals surface area contributed by atoms with Crippen molar-refractivity contribution >= 4 is 5.52 Å². The fourth-order valence-electron chi connectivity index (χ4n) is 2.83. The van der Waals surface area contributed by atoms with Gasteiger partial charge in [-0.1, -0.05) is 0 Å². The van der Waals surface area contributed by atoms with E-state index in [2.05, 4.69) is 16.2 Å². The highest BCUT2D eigenvalue weighted by atomic mass is 19.1. The van der Waals surface area contributed by atoms with Crippen molar-refractivity contribution in [2.75, 3.05) is 0 Å². The summed E-state index contributed by atoms with van der Waals surface area (Å²) in [6, 6.07) is 6.77. The Morgan fingerprint density at radius 3 is 2.83 bits per heavy atom. The molecule has 0 unspecified atom stereocenters. The van der Waals surface area contributed by atoms with Gasteiger partial charge in [0.25, 0.3) is 0 Å². The quantitative estimate of drug-likeness (QED) is 0.748. The first-order chi connectivity index (χ1) is 11.6. The zero-order valence-electron chi connectivity index (χ0n) is 12.6. The summed E-state index contributed by atoms with van der Waals surface area (Å²) in [7, 11) is 0. The summed E-state index contributed by atoms with van der Waals surface area (Å²) in [5, 5.41) is 22.9. The molecule has 24 heavy (non-hydrogen) atoms. The van der Waals surface area contributed by atoms with Gasteiger partial charge in [0.2, 0.25) is 5.95 Å². The molecule has 4 rings (SSSR count). The topological polar surface area (TPSA) is 83.4 Å². The number of aliphatic hydroxyl groups is 1. The molecule has 1 aliphatic carbocycles. The van der Waals surface area contributed by atoms with E-state index in [-0.39, 0.29) is 12.2 Å². The molecule has 0 amide bonds. The van der Waals surface area contributed by atoms with E-state index in [1.807, 2.05) is 0 Å². The Bertz CT molecular complexity index is 940. The standard InChI is InChI=1S/C17H13FN4O2/c18-16-2-1-10(7-20-16)15-5-14(24-13-3-12(23)4-13)9-22-17(15)11(6-19)8-21-22/h1-2,5,7-9,12-13,23H,3-4H2/t12-,13-. The van der Waals surface area contributed by atoms with Crippen LogP contribution in [0.5, 0.6) is 5.75 Å². The molecule has 1 fully saturated rings. The summed E-state index contributed by atoms with van der Waals surface area (Å²) in [5.41, 5.74) is 2.39. The van der Waals surface area contributed by atoms with Crippen LogP contribution in [0.25, 0.3) is 16.6 Å². The number of pyridine rings is 2. The zero-order valence-corrected chi connectivity index (χ0v) is 12.6. The van der Waals surface area contributed by atoms with Gasteiger partial charge in [0.15, 0.2) is 0 Å². The number of fused-ring (bicyclic) bond motifs is 1. The maximum Gasteiger partial charge on any atom is 0.212 e. The highest BCUT2D eigenvalue weighted by Crippen LogP contribution is 2.33. The molecule has 1 N–H and O–H groups in total. The monoisotopic (exact) mass is 324 g/mol. The third-order valence-corrected chi connectivity index (χ3v) is 4.12. The molecule has 0 spiro atoms. The summed E-state index contributed by atoms with van der Waals surface area (Å²) in [6.07, 6.45) is 5.42. The van der Waals surface area contributed by atoms with Crippen molar-refractivity contribution in [2.24, 2.45) is 0 Å². The fourth-order valence-corrected chi connectivity index (χ4v) is 2.83. The molecule has 1 aliphatic rings. The van der Waals surface area contributed by atoms with Gasteiger partial charge in [-0.3, -0.25) is 0 Å². The van der Waals surface area contributed by atoms with Crippen molar-refractivity contribution in [3.8, 4) is 22.9 Å². The lowest BCUT2D eigenvalue weighted by molar-refractivity contribution is -0.0109. The minimum absolute atomic E-state index is 0.0392. The summed E-state index contributed by atoms with van der Waals surface area (Å²) in [4.78, 5) is 3.68. The number of nitriles is 1. The summed E-state index contributed by atoms with van der Waals surface area (Å²) < 4.78 is 20.5. The summed E-state index contributed by atoms with van der Waals surface area (Å²) in [6.45, 7) is 0. The van der Waals surface area contributed by atoms with E-state index < -0.39 is 5.95 Å². The number of aliphatic hydroxyl groups excluding tert-OH is 1. The highest BCUT2D eigenvalue weighted by molar-refractivity contribution is 5.84. The van der Waals surface area contributed by atoms with Crippen LogP contribution in [0.2, 0.25) is 0 Å². The first-order valence-electron chi connectivity index (χ1n) is 7.52. The lowest BCUT2D eigenvalue weighted by atomic mass is 9.92. The number of nitrogens with zero attached hydrogens (tertiary/aromatic N) is 4. The molecule has 0 radical (unpaired) electrons. The zero-order chi connectivity index (χ0) is 16.7. The van der Waals surface area contributed by atoms with Gasteiger partial charge in [0.05, 0.1) is 29.6 Å². The van der Waals surface area contributed by atoms with E-state index in [1.165, 1.54) is 18.5 Å². The molecule has 120 valence electrons. The molecular weight excluding hydrogens is 311 g/mol. The Balaban J connectivity index is 1.83. The van der Waals surface area contributed by atoms with Crippen LogP contribution in [0, 0.1) is 17.3 Å². The minimum atomic E-state index is -0.570. The van der Waals surface area contributed by atoms with Crippen LogP contribution in [0.15, 0.2) is 36.8 Å². The average molecular weight is 324 g/mol. The second kappa shape index (κ2) is 5.58. The third-order valence-electron chi connectivity index (χ3n) is 4.12. The van der Waals surface area contributed by atoms with Crippen LogP contribution in [0.3, 0.4) is 0 Å². The van der Waals surface area contributed by atoms with Crippen LogP contribution in [-0.2, 0) is 0 Å². The normalized spacial score (nSPS) is 19.7. The second-order valence-corrected chi connectivity index (χ2v) is 5.79. The number of hydrogen-bond acceptors (Lipinski definition) is 5. The van der Waals surface area contributed by atoms with E-state index in [4.69, 9.17) is 4.74 Å². The largest absolute Gasteiger partial charge is 0.489 e. The predicted octanol–water partition coefficient (Wildman–Crippen LogP) is 2.31. The molecule has 0 saturated heterocycles. The Hall–Kier alpha value is -2.98. The molecule has 6 nitrogen and oxygen atoms in total. The van der Waals surface area contributed by atoms with Gasteiger partial charge < -0.3 is 9.84 Å². The molecule has 0 aromatic carbocycles. The molecule has 3 aromatic heterocycles. The van der Waals surface area contributed by atoms with Gasteiger partial charge >= 0.3 is 0 Å². The van der Waals surface area contributed by atoms with Crippen molar-refractivity contribution in [1.82, 2.24) is 14.6 Å². The summed E-state index contributed by atoms with van der Waals surface area (Å²) >= 11 is 0. The average Bonchev–Trinajstić information content (AvgIpc) is 2.96. The number of ether oxygens (including phenoxy) is 1. The van der Waals surface area contributed by atoms with Gasteiger partial charge in [-0.25, -0.2) is 9.50 Å². The minimum Gasteiger partial charge on any atom is -0.489 e. The molecule has 3 aromatic rings. The van der Waals surface area contributed by atoms with Crippen molar-refractivity contribution in [1.29, 1.82) is 5.26 Å². The molecule has 1 saturated carbocycles. The summed E-state index contributed by atoms with van der Waals surface area (Å²) in [5.74, 6) is 0.00552. The maximum atomic E-state index is 13.1. The smallest absolute Gasteiger partial charge is 0.212 e. The van der Waals surface area contributed by atoms with Gasteiger partial charge in [0.1, 0.15) is 17.9 Å². The number of halogens is 1. The Morgan fingerprint density at radius 2 is 2.17 bits per heavy atom. The van der Waals surface area contributed by atoms with Crippen LogP contribution in [0.1, 0.15) is 18.4 Å². The van der Waals surface area contributed by atoms with Crippen LogP contribution in [0.4, 0.5) is 4.39 Å². The first-order valence-corrected chi connectivity index (χ1v) is 7.52. The van der Waals surface area contributed by atoms with Crippen molar-refractivity contribution < 1.29 is 14.2 Å². The SMILES string of the molecule is N#Cc1cnn2cc(O[C@H]3C[C@H](O)C3)cc(-c3ccc(F)nc3)c12. The van der Waals surface area contributed by atoms with E-state index in [1.54, 1.807) is 22.8 Å². The van der Waals surface area contributed by atoms with Gasteiger partial charge in [0, 0.05) is 30.2 Å². The molecule has 0 aliphatic heterocycles. The Morgan fingerprint density at radius 1 is 1.33 bits per heavy atom. The Kier molecular flexibility index (Phi) is 3.40. The van der Waals surface area contributed by atoms with Crippen LogP contribution >= 0.6 is 0 Å². The van der Waals surface area contributed by atoms with E-state index in [0.29, 0.717) is 40.8 Å². The number of hydrogen-bond donors (Lipinski definition) is 1. The van der Waals surface area contributed by atoms with E-state index in [9.17, 15) is 14.8 Å². The Labute approximate surface area is 136 Å². The van der Waals surface area contributed by atoms with Gasteiger partial charge in [-0.05, 0) is 18.2 Å². The fraction of sp³-hybridized carbons (Fsp3) is 0.235. The van der Waals surface area contributed by atoms with Crippen molar-refractivity contribution in [3.05, 3.63) is 48.3 Å². The van der Waals surface area contributed by atoms with E-state index in [0.717, 1.165) is 0 Å².